The van der Waals surface area contributed by atoms with Crippen molar-refractivity contribution < 1.29 is 14.3 Å². The molecule has 0 fully saturated rings. The van der Waals surface area contributed by atoms with Crippen LogP contribution in [0, 0.1) is 0 Å². The second-order valence-corrected chi connectivity index (χ2v) is 10.4. The molecule has 3 aromatic rings. The Labute approximate surface area is 233 Å². The third-order valence-electron chi connectivity index (χ3n) is 6.13. The van der Waals surface area contributed by atoms with Gasteiger partial charge >= 0.3 is 0 Å². The van der Waals surface area contributed by atoms with E-state index in [2.05, 4.69) is 21.2 Å². The zero-order valence-corrected chi connectivity index (χ0v) is 23.7. The minimum absolute atomic E-state index is 0.0152. The van der Waals surface area contributed by atoms with Crippen molar-refractivity contribution >= 4 is 39.3 Å². The van der Waals surface area contributed by atoms with Crippen molar-refractivity contribution in [2.75, 3.05) is 6.61 Å². The van der Waals surface area contributed by atoms with E-state index in [0.717, 1.165) is 22.0 Å². The molecule has 0 saturated heterocycles. The van der Waals surface area contributed by atoms with Crippen molar-refractivity contribution in [2.45, 2.75) is 58.2 Å². The van der Waals surface area contributed by atoms with Crippen LogP contribution in [0.25, 0.3) is 0 Å². The fourth-order valence-corrected chi connectivity index (χ4v) is 4.49. The van der Waals surface area contributed by atoms with Crippen molar-refractivity contribution in [2.24, 2.45) is 0 Å². The Hall–Kier alpha value is -2.83. The average molecular weight is 586 g/mol. The summed E-state index contributed by atoms with van der Waals surface area (Å²) in [5.74, 6) is 0.483. The maximum atomic E-state index is 13.6. The van der Waals surface area contributed by atoms with Gasteiger partial charge < -0.3 is 15.0 Å². The van der Waals surface area contributed by atoms with E-state index in [1.807, 2.05) is 68.4 Å². The number of ether oxygens (including phenoxy) is 1. The van der Waals surface area contributed by atoms with E-state index >= 15 is 0 Å². The van der Waals surface area contributed by atoms with E-state index in [-0.39, 0.29) is 24.3 Å². The molecule has 0 aromatic heterocycles. The van der Waals surface area contributed by atoms with Gasteiger partial charge in [0.25, 0.3) is 0 Å². The Morgan fingerprint density at radius 3 is 2.38 bits per heavy atom. The number of carbonyl (C=O) groups excluding carboxylic acids is 2. The molecule has 3 aromatic carbocycles. The number of amides is 2. The van der Waals surface area contributed by atoms with Crippen LogP contribution in [-0.2, 0) is 22.6 Å². The fourth-order valence-electron chi connectivity index (χ4n) is 3.91. The first-order valence-electron chi connectivity index (χ1n) is 12.6. The van der Waals surface area contributed by atoms with Gasteiger partial charge in [-0.3, -0.25) is 9.59 Å². The lowest BCUT2D eigenvalue weighted by Gasteiger charge is -2.32. The number of benzene rings is 3. The molecule has 1 N–H and O–H groups in total. The number of nitrogens with zero attached hydrogens (tertiary/aromatic N) is 1. The van der Waals surface area contributed by atoms with Crippen LogP contribution in [0.2, 0.25) is 5.02 Å². The summed E-state index contributed by atoms with van der Waals surface area (Å²) in [6.45, 7) is 4.73. The van der Waals surface area contributed by atoms with Gasteiger partial charge in [0, 0.05) is 34.9 Å². The van der Waals surface area contributed by atoms with E-state index in [1.165, 1.54) is 0 Å². The summed E-state index contributed by atoms with van der Waals surface area (Å²) in [5.41, 5.74) is 1.96. The van der Waals surface area contributed by atoms with Crippen LogP contribution in [0.1, 0.15) is 44.2 Å². The standard InChI is InChI=1S/C30H34BrClN2O3/c1-3-22(2)33-30(36)28(20-23-9-5-4-6-10-23)34(21-24-11-7-12-25(31)19-24)29(35)13-8-18-37-27-16-14-26(32)15-17-27/h4-7,9-12,14-17,19,22,28H,3,8,13,18,20-21H2,1-2H3,(H,33,36)/t22-,28-/m0/s1. The Morgan fingerprint density at radius 1 is 1.00 bits per heavy atom. The minimum Gasteiger partial charge on any atom is -0.494 e. The number of hydrogen-bond acceptors (Lipinski definition) is 3. The number of halogens is 2. The lowest BCUT2D eigenvalue weighted by atomic mass is 10.0. The zero-order valence-electron chi connectivity index (χ0n) is 21.3. The van der Waals surface area contributed by atoms with Crippen molar-refractivity contribution in [3.05, 3.63) is 99.5 Å². The number of rotatable bonds is 13. The Balaban J connectivity index is 1.79. The molecule has 196 valence electrons. The van der Waals surface area contributed by atoms with Crippen LogP contribution in [0.15, 0.2) is 83.3 Å². The highest BCUT2D eigenvalue weighted by Gasteiger charge is 2.30. The lowest BCUT2D eigenvalue weighted by Crippen LogP contribution is -2.52. The van der Waals surface area contributed by atoms with Crippen LogP contribution in [0.5, 0.6) is 5.75 Å². The molecular formula is C30H34BrClN2O3. The summed E-state index contributed by atoms with van der Waals surface area (Å²) in [6, 6.07) is 24.2. The molecule has 37 heavy (non-hydrogen) atoms. The van der Waals surface area contributed by atoms with Gasteiger partial charge in [-0.1, -0.05) is 76.9 Å². The molecule has 0 unspecified atom stereocenters. The van der Waals surface area contributed by atoms with E-state index in [4.69, 9.17) is 16.3 Å². The second-order valence-electron chi connectivity index (χ2n) is 9.08. The molecule has 5 nitrogen and oxygen atoms in total. The van der Waals surface area contributed by atoms with Gasteiger partial charge in [-0.25, -0.2) is 0 Å². The van der Waals surface area contributed by atoms with Crippen LogP contribution < -0.4 is 10.1 Å². The highest BCUT2D eigenvalue weighted by atomic mass is 79.9. The summed E-state index contributed by atoms with van der Waals surface area (Å²) < 4.78 is 6.71. The van der Waals surface area contributed by atoms with Gasteiger partial charge in [-0.2, -0.15) is 0 Å². The molecule has 0 radical (unpaired) electrons. The molecular weight excluding hydrogens is 552 g/mol. The number of hydrogen-bond donors (Lipinski definition) is 1. The van der Waals surface area contributed by atoms with Gasteiger partial charge in [0.15, 0.2) is 0 Å². The fraction of sp³-hybridized carbons (Fsp3) is 0.333. The molecule has 2 amide bonds. The minimum atomic E-state index is -0.639. The summed E-state index contributed by atoms with van der Waals surface area (Å²) in [5, 5.41) is 3.74. The Kier molecular flexibility index (Phi) is 11.5. The maximum absolute atomic E-state index is 13.6. The van der Waals surface area contributed by atoms with E-state index < -0.39 is 6.04 Å². The topological polar surface area (TPSA) is 58.6 Å². The first-order chi connectivity index (χ1) is 17.9. The Bertz CT molecular complexity index is 1140. The van der Waals surface area contributed by atoms with Gasteiger partial charge in [0.2, 0.25) is 11.8 Å². The Morgan fingerprint density at radius 2 is 1.70 bits per heavy atom. The van der Waals surface area contributed by atoms with Crippen molar-refractivity contribution in [3.8, 4) is 5.75 Å². The second kappa shape index (κ2) is 14.8. The van der Waals surface area contributed by atoms with Crippen LogP contribution in [-0.4, -0.2) is 35.4 Å². The van der Waals surface area contributed by atoms with Crippen molar-refractivity contribution in [1.29, 1.82) is 0 Å². The highest BCUT2D eigenvalue weighted by Crippen LogP contribution is 2.20. The monoisotopic (exact) mass is 584 g/mol. The molecule has 0 heterocycles. The first-order valence-corrected chi connectivity index (χ1v) is 13.8. The summed E-state index contributed by atoms with van der Waals surface area (Å²) in [4.78, 5) is 28.9. The van der Waals surface area contributed by atoms with Crippen LogP contribution in [0.3, 0.4) is 0 Å². The molecule has 0 saturated carbocycles. The van der Waals surface area contributed by atoms with Crippen molar-refractivity contribution in [3.63, 3.8) is 0 Å². The molecule has 7 heteroatoms. The largest absolute Gasteiger partial charge is 0.494 e. The predicted octanol–water partition coefficient (Wildman–Crippen LogP) is 6.82. The predicted molar refractivity (Wildman–Crippen MR) is 153 cm³/mol. The summed E-state index contributed by atoms with van der Waals surface area (Å²) in [6.07, 6.45) is 2.04. The SMILES string of the molecule is CC[C@H](C)NC(=O)[C@H](Cc1ccccc1)N(Cc1cccc(Br)c1)C(=O)CCCOc1ccc(Cl)cc1. The number of carbonyl (C=O) groups is 2. The maximum Gasteiger partial charge on any atom is 0.243 e. The van der Waals surface area contributed by atoms with Crippen LogP contribution in [0.4, 0.5) is 0 Å². The molecule has 0 bridgehead atoms. The third kappa shape index (κ3) is 9.52. The normalized spacial score (nSPS) is 12.4. The molecule has 2 atom stereocenters. The molecule has 0 aliphatic carbocycles. The summed E-state index contributed by atoms with van der Waals surface area (Å²) in [7, 11) is 0. The molecule has 0 spiro atoms. The third-order valence-corrected chi connectivity index (χ3v) is 6.88. The average Bonchev–Trinajstić information content (AvgIpc) is 2.90. The lowest BCUT2D eigenvalue weighted by molar-refractivity contribution is -0.141. The van der Waals surface area contributed by atoms with Crippen LogP contribution >= 0.6 is 27.5 Å². The van der Waals surface area contributed by atoms with Gasteiger partial charge in [-0.15, -0.1) is 0 Å². The smallest absolute Gasteiger partial charge is 0.243 e. The van der Waals surface area contributed by atoms with E-state index in [1.54, 1.807) is 29.2 Å². The highest BCUT2D eigenvalue weighted by molar-refractivity contribution is 9.10. The molecule has 3 rings (SSSR count). The van der Waals surface area contributed by atoms with Crippen molar-refractivity contribution in [1.82, 2.24) is 10.2 Å². The molecule has 0 aliphatic heterocycles. The molecule has 0 aliphatic rings. The van der Waals surface area contributed by atoms with Gasteiger partial charge in [0.05, 0.1) is 6.61 Å². The van der Waals surface area contributed by atoms with Gasteiger partial charge in [-0.05, 0) is 67.3 Å². The number of nitrogens with one attached hydrogen (secondary N) is 1. The van der Waals surface area contributed by atoms with Gasteiger partial charge in [0.1, 0.15) is 11.8 Å². The quantitative estimate of drug-likeness (QED) is 0.224. The van der Waals surface area contributed by atoms with E-state index in [9.17, 15) is 9.59 Å². The summed E-state index contributed by atoms with van der Waals surface area (Å²) >= 11 is 9.46. The zero-order chi connectivity index (χ0) is 26.6. The van der Waals surface area contributed by atoms with E-state index in [0.29, 0.717) is 36.8 Å². The first kappa shape index (κ1) is 28.7.